The fourth-order valence-corrected chi connectivity index (χ4v) is 0.318. The van der Waals surface area contributed by atoms with Crippen LogP contribution in [0.15, 0.2) is 0 Å². The molecule has 0 fully saturated rings. The van der Waals surface area contributed by atoms with Gasteiger partial charge >= 0.3 is 0 Å². The van der Waals surface area contributed by atoms with Crippen LogP contribution in [-0.4, -0.2) is 12.4 Å². The lowest BCUT2D eigenvalue weighted by Crippen LogP contribution is -2.07. The summed E-state index contributed by atoms with van der Waals surface area (Å²) in [5.74, 6) is 0.00634. The lowest BCUT2D eigenvalue weighted by molar-refractivity contribution is -0.120. The SMILES string of the molecule is CCO[C](C)C(C)=O. The molecule has 0 rings (SSSR count). The first-order chi connectivity index (χ1) is 3.68. The average molecular weight is 115 g/mol. The quantitative estimate of drug-likeness (QED) is 0.551. The molecule has 0 unspecified atom stereocenters. The van der Waals surface area contributed by atoms with E-state index in [9.17, 15) is 4.79 Å². The zero-order valence-electron chi connectivity index (χ0n) is 5.52. The highest BCUT2D eigenvalue weighted by Crippen LogP contribution is 1.99. The van der Waals surface area contributed by atoms with Gasteiger partial charge in [-0.05, 0) is 20.8 Å². The van der Waals surface area contributed by atoms with E-state index in [1.165, 1.54) is 6.92 Å². The van der Waals surface area contributed by atoms with Gasteiger partial charge in [0.2, 0.25) is 0 Å². The normalized spacial score (nSPS) is 10.0. The van der Waals surface area contributed by atoms with Crippen LogP contribution in [0.5, 0.6) is 0 Å². The second kappa shape index (κ2) is 3.61. The van der Waals surface area contributed by atoms with Crippen LogP contribution < -0.4 is 0 Å². The maximum atomic E-state index is 10.4. The van der Waals surface area contributed by atoms with Crippen LogP contribution in [0.3, 0.4) is 0 Å². The first-order valence-corrected chi connectivity index (χ1v) is 2.65. The Morgan fingerprint density at radius 1 is 1.50 bits per heavy atom. The highest BCUT2D eigenvalue weighted by Gasteiger charge is 2.05. The number of rotatable bonds is 3. The standard InChI is InChI=1S/C6H11O2/c1-4-8-6(3)5(2)7/h4H2,1-3H3. The summed E-state index contributed by atoms with van der Waals surface area (Å²) in [4.78, 5) is 10.4. The number of hydrogen-bond acceptors (Lipinski definition) is 2. The van der Waals surface area contributed by atoms with E-state index in [1.54, 1.807) is 6.92 Å². The van der Waals surface area contributed by atoms with Crippen LogP contribution in [0.4, 0.5) is 0 Å². The van der Waals surface area contributed by atoms with Crippen molar-refractivity contribution in [2.45, 2.75) is 20.8 Å². The van der Waals surface area contributed by atoms with Gasteiger partial charge in [-0.1, -0.05) is 0 Å². The van der Waals surface area contributed by atoms with Gasteiger partial charge < -0.3 is 4.74 Å². The summed E-state index contributed by atoms with van der Waals surface area (Å²) in [6.45, 7) is 5.59. The fraction of sp³-hybridized carbons (Fsp3) is 0.667. The lowest BCUT2D eigenvalue weighted by atomic mass is 10.3. The van der Waals surface area contributed by atoms with E-state index < -0.39 is 0 Å². The van der Waals surface area contributed by atoms with Crippen LogP contribution in [0.1, 0.15) is 20.8 Å². The monoisotopic (exact) mass is 115 g/mol. The van der Waals surface area contributed by atoms with Crippen molar-refractivity contribution in [1.82, 2.24) is 0 Å². The third-order valence-electron chi connectivity index (χ3n) is 0.857. The molecule has 8 heavy (non-hydrogen) atoms. The molecule has 0 aliphatic carbocycles. The van der Waals surface area contributed by atoms with E-state index in [-0.39, 0.29) is 5.78 Å². The van der Waals surface area contributed by atoms with Gasteiger partial charge in [0, 0.05) is 6.61 Å². The Kier molecular flexibility index (Phi) is 3.44. The van der Waals surface area contributed by atoms with Crippen LogP contribution in [0, 0.1) is 6.10 Å². The summed E-state index contributed by atoms with van der Waals surface area (Å²) in [5, 5.41) is 0. The summed E-state index contributed by atoms with van der Waals surface area (Å²) < 4.78 is 4.87. The third-order valence-corrected chi connectivity index (χ3v) is 0.857. The van der Waals surface area contributed by atoms with E-state index in [4.69, 9.17) is 4.74 Å². The minimum absolute atomic E-state index is 0.00634. The van der Waals surface area contributed by atoms with Gasteiger partial charge in [-0.3, -0.25) is 4.79 Å². The molecule has 47 valence electrons. The lowest BCUT2D eigenvalue weighted by Gasteiger charge is -2.03. The van der Waals surface area contributed by atoms with E-state index in [1.807, 2.05) is 6.92 Å². The summed E-state index contributed by atoms with van der Waals surface area (Å²) in [6.07, 6.45) is 0.493. The van der Waals surface area contributed by atoms with Crippen molar-refractivity contribution in [3.63, 3.8) is 0 Å². The van der Waals surface area contributed by atoms with Gasteiger partial charge in [-0.15, -0.1) is 0 Å². The minimum Gasteiger partial charge on any atom is -0.364 e. The molecule has 1 radical (unpaired) electrons. The Balaban J connectivity index is 3.32. The maximum Gasteiger partial charge on any atom is 0.164 e. The van der Waals surface area contributed by atoms with Gasteiger partial charge in [0.05, 0.1) is 0 Å². The molecule has 0 aromatic rings. The zero-order valence-corrected chi connectivity index (χ0v) is 5.52. The van der Waals surface area contributed by atoms with Gasteiger partial charge in [0.15, 0.2) is 11.9 Å². The first kappa shape index (κ1) is 7.63. The first-order valence-electron chi connectivity index (χ1n) is 2.65. The Morgan fingerprint density at radius 3 is 2.12 bits per heavy atom. The molecular weight excluding hydrogens is 104 g/mol. The maximum absolute atomic E-state index is 10.4. The highest BCUT2D eigenvalue weighted by atomic mass is 16.5. The highest BCUT2D eigenvalue weighted by molar-refractivity contribution is 5.87. The molecule has 2 nitrogen and oxygen atoms in total. The predicted octanol–water partition coefficient (Wildman–Crippen LogP) is 1.16. The smallest absolute Gasteiger partial charge is 0.164 e. The van der Waals surface area contributed by atoms with Crippen molar-refractivity contribution in [3.05, 3.63) is 6.10 Å². The van der Waals surface area contributed by atoms with Gasteiger partial charge in [-0.2, -0.15) is 0 Å². The van der Waals surface area contributed by atoms with Crippen molar-refractivity contribution in [2.24, 2.45) is 0 Å². The largest absolute Gasteiger partial charge is 0.364 e. The number of Topliss-reactive ketones (excluding diaryl/α,β-unsaturated/α-hetero) is 1. The number of ketones is 1. The molecule has 2 heteroatoms. The van der Waals surface area contributed by atoms with Gasteiger partial charge in [0.25, 0.3) is 0 Å². The average Bonchev–Trinajstić information content (AvgIpc) is 1.67. The van der Waals surface area contributed by atoms with E-state index >= 15 is 0 Å². The third kappa shape index (κ3) is 2.75. The Morgan fingerprint density at radius 2 is 2.00 bits per heavy atom. The number of carbonyl (C=O) groups is 1. The van der Waals surface area contributed by atoms with Crippen molar-refractivity contribution < 1.29 is 9.53 Å². The summed E-state index contributed by atoms with van der Waals surface area (Å²) >= 11 is 0. The van der Waals surface area contributed by atoms with Gasteiger partial charge in [0.1, 0.15) is 0 Å². The molecule has 0 amide bonds. The summed E-state index contributed by atoms with van der Waals surface area (Å²) in [5.41, 5.74) is 0. The summed E-state index contributed by atoms with van der Waals surface area (Å²) in [7, 11) is 0. The number of hydrogen-bond donors (Lipinski definition) is 0. The molecule has 0 atom stereocenters. The molecule has 0 heterocycles. The fourth-order valence-electron chi connectivity index (χ4n) is 0.318. The topological polar surface area (TPSA) is 26.3 Å². The second-order valence-electron chi connectivity index (χ2n) is 1.55. The molecule has 0 aromatic carbocycles. The Hall–Kier alpha value is -0.370. The molecule has 0 saturated heterocycles. The van der Waals surface area contributed by atoms with E-state index in [0.717, 1.165) is 0 Å². The molecule has 0 N–H and O–H groups in total. The Labute approximate surface area is 49.8 Å². The zero-order chi connectivity index (χ0) is 6.57. The molecule has 0 spiro atoms. The van der Waals surface area contributed by atoms with E-state index in [0.29, 0.717) is 12.7 Å². The Bertz CT molecular complexity index is 78.6. The molecule has 0 aliphatic heterocycles. The molecule has 0 aromatic heterocycles. The van der Waals surface area contributed by atoms with Crippen molar-refractivity contribution in [1.29, 1.82) is 0 Å². The molecular formula is C6H11O2. The van der Waals surface area contributed by atoms with Gasteiger partial charge in [-0.25, -0.2) is 0 Å². The van der Waals surface area contributed by atoms with Crippen LogP contribution in [0.2, 0.25) is 0 Å². The number of ether oxygens (including phenoxy) is 1. The second-order valence-corrected chi connectivity index (χ2v) is 1.55. The minimum atomic E-state index is 0.00634. The predicted molar refractivity (Wildman–Crippen MR) is 31.2 cm³/mol. The van der Waals surface area contributed by atoms with Crippen molar-refractivity contribution in [3.8, 4) is 0 Å². The van der Waals surface area contributed by atoms with E-state index in [2.05, 4.69) is 0 Å². The number of carbonyl (C=O) groups excluding carboxylic acids is 1. The summed E-state index contributed by atoms with van der Waals surface area (Å²) in [6, 6.07) is 0. The van der Waals surface area contributed by atoms with Crippen LogP contribution >= 0.6 is 0 Å². The molecule has 0 bridgehead atoms. The van der Waals surface area contributed by atoms with Crippen LogP contribution in [-0.2, 0) is 9.53 Å². The van der Waals surface area contributed by atoms with Crippen molar-refractivity contribution >= 4 is 5.78 Å². The van der Waals surface area contributed by atoms with Crippen LogP contribution in [0.25, 0.3) is 0 Å². The molecule has 0 saturated carbocycles. The molecule has 0 aliphatic rings. The van der Waals surface area contributed by atoms with Crippen molar-refractivity contribution in [2.75, 3.05) is 6.61 Å².